The molecule has 0 atom stereocenters. The number of aryl methyl sites for hydroxylation is 1. The normalized spacial score (nSPS) is 10.3. The number of hydrogen-bond acceptors (Lipinski definition) is 3. The summed E-state index contributed by atoms with van der Waals surface area (Å²) in [6, 6.07) is 19.3. The van der Waals surface area contributed by atoms with Gasteiger partial charge in [0.15, 0.2) is 0 Å². The third-order valence-corrected chi connectivity index (χ3v) is 4.24. The van der Waals surface area contributed by atoms with E-state index in [1.54, 1.807) is 18.3 Å². The summed E-state index contributed by atoms with van der Waals surface area (Å²) in [5.74, 6) is 0.507. The molecule has 3 rings (SSSR count). The standard InChI is InChI=1S/C20H18BrN3O/c1-14-2-4-15(5-3-14)13-23-20(25)16-10-11-22-19(12-16)24-18-8-6-17(21)7-9-18/h2-12H,13H2,1H3,(H,22,24)(H,23,25). The Balaban J connectivity index is 1.64. The molecule has 0 aliphatic rings. The Morgan fingerprint density at radius 3 is 2.48 bits per heavy atom. The van der Waals surface area contributed by atoms with Gasteiger partial charge in [-0.3, -0.25) is 4.79 Å². The van der Waals surface area contributed by atoms with Gasteiger partial charge in [-0.05, 0) is 48.9 Å². The molecule has 3 aromatic rings. The zero-order valence-corrected chi connectivity index (χ0v) is 15.4. The van der Waals surface area contributed by atoms with E-state index in [1.165, 1.54) is 5.56 Å². The number of aromatic nitrogens is 1. The molecule has 2 N–H and O–H groups in total. The molecular formula is C20H18BrN3O. The lowest BCUT2D eigenvalue weighted by molar-refractivity contribution is 0.0951. The highest BCUT2D eigenvalue weighted by Crippen LogP contribution is 2.18. The van der Waals surface area contributed by atoms with E-state index < -0.39 is 0 Å². The molecule has 0 spiro atoms. The highest BCUT2D eigenvalue weighted by Gasteiger charge is 2.07. The minimum Gasteiger partial charge on any atom is -0.348 e. The van der Waals surface area contributed by atoms with Crippen molar-refractivity contribution in [2.75, 3.05) is 5.32 Å². The van der Waals surface area contributed by atoms with Gasteiger partial charge in [-0.15, -0.1) is 0 Å². The van der Waals surface area contributed by atoms with Crippen LogP contribution in [0.15, 0.2) is 71.3 Å². The second-order valence-corrected chi connectivity index (χ2v) is 6.65. The van der Waals surface area contributed by atoms with E-state index in [0.29, 0.717) is 17.9 Å². The van der Waals surface area contributed by atoms with Gasteiger partial charge in [-0.1, -0.05) is 45.8 Å². The predicted octanol–water partition coefficient (Wildman–Crippen LogP) is 4.83. The first-order valence-corrected chi connectivity index (χ1v) is 8.72. The van der Waals surface area contributed by atoms with Crippen molar-refractivity contribution < 1.29 is 4.79 Å². The van der Waals surface area contributed by atoms with Crippen molar-refractivity contribution in [1.82, 2.24) is 10.3 Å². The molecule has 0 aliphatic carbocycles. The highest BCUT2D eigenvalue weighted by molar-refractivity contribution is 9.10. The van der Waals surface area contributed by atoms with Crippen molar-refractivity contribution in [3.8, 4) is 0 Å². The van der Waals surface area contributed by atoms with Gasteiger partial charge in [0.2, 0.25) is 0 Å². The van der Waals surface area contributed by atoms with Crippen LogP contribution >= 0.6 is 15.9 Å². The van der Waals surface area contributed by atoms with Crippen molar-refractivity contribution in [2.45, 2.75) is 13.5 Å². The maximum atomic E-state index is 12.4. The van der Waals surface area contributed by atoms with Crippen LogP contribution in [0.5, 0.6) is 0 Å². The molecule has 126 valence electrons. The maximum absolute atomic E-state index is 12.4. The average molecular weight is 396 g/mol. The lowest BCUT2D eigenvalue weighted by Crippen LogP contribution is -2.22. The van der Waals surface area contributed by atoms with E-state index in [4.69, 9.17) is 0 Å². The van der Waals surface area contributed by atoms with Crippen LogP contribution in [0.4, 0.5) is 11.5 Å². The molecule has 4 nitrogen and oxygen atoms in total. The first kappa shape index (κ1) is 17.2. The molecule has 25 heavy (non-hydrogen) atoms. The Hall–Kier alpha value is -2.66. The summed E-state index contributed by atoms with van der Waals surface area (Å²) >= 11 is 3.41. The number of anilines is 2. The summed E-state index contributed by atoms with van der Waals surface area (Å²) in [6.07, 6.45) is 1.63. The largest absolute Gasteiger partial charge is 0.348 e. The van der Waals surface area contributed by atoms with Gasteiger partial charge in [0, 0.05) is 28.5 Å². The molecule has 0 bridgehead atoms. The molecule has 1 aromatic heterocycles. The van der Waals surface area contributed by atoms with E-state index in [-0.39, 0.29) is 5.91 Å². The van der Waals surface area contributed by atoms with Gasteiger partial charge in [-0.25, -0.2) is 4.98 Å². The maximum Gasteiger partial charge on any atom is 0.251 e. The topological polar surface area (TPSA) is 54.0 Å². The monoisotopic (exact) mass is 395 g/mol. The van der Waals surface area contributed by atoms with Crippen LogP contribution in [0, 0.1) is 6.92 Å². The minimum absolute atomic E-state index is 0.123. The van der Waals surface area contributed by atoms with E-state index >= 15 is 0 Å². The molecule has 1 amide bonds. The third-order valence-electron chi connectivity index (χ3n) is 3.71. The van der Waals surface area contributed by atoms with Crippen LogP contribution in [0.25, 0.3) is 0 Å². The van der Waals surface area contributed by atoms with E-state index in [0.717, 1.165) is 15.7 Å². The smallest absolute Gasteiger partial charge is 0.251 e. The summed E-state index contributed by atoms with van der Waals surface area (Å²) in [6.45, 7) is 2.54. The van der Waals surface area contributed by atoms with E-state index in [1.807, 2.05) is 55.5 Å². The Kier molecular flexibility index (Phi) is 5.46. The number of carbonyl (C=O) groups excluding carboxylic acids is 1. The van der Waals surface area contributed by atoms with Crippen LogP contribution in [0.3, 0.4) is 0 Å². The Bertz CT molecular complexity index is 861. The number of hydrogen-bond donors (Lipinski definition) is 2. The van der Waals surface area contributed by atoms with E-state index in [2.05, 4.69) is 31.5 Å². The molecular weight excluding hydrogens is 378 g/mol. The van der Waals surface area contributed by atoms with Crippen molar-refractivity contribution in [3.05, 3.63) is 88.0 Å². The Morgan fingerprint density at radius 2 is 1.76 bits per heavy atom. The summed E-state index contributed by atoms with van der Waals surface area (Å²) in [4.78, 5) is 16.6. The minimum atomic E-state index is -0.123. The van der Waals surface area contributed by atoms with Gasteiger partial charge >= 0.3 is 0 Å². The first-order chi connectivity index (χ1) is 12.1. The van der Waals surface area contributed by atoms with Crippen LogP contribution in [-0.2, 0) is 6.54 Å². The van der Waals surface area contributed by atoms with Gasteiger partial charge < -0.3 is 10.6 Å². The second kappa shape index (κ2) is 7.94. The van der Waals surface area contributed by atoms with Crippen LogP contribution < -0.4 is 10.6 Å². The molecule has 5 heteroatoms. The summed E-state index contributed by atoms with van der Waals surface area (Å²) in [5.41, 5.74) is 3.75. The molecule has 0 radical (unpaired) electrons. The number of halogens is 1. The zero-order chi connectivity index (χ0) is 17.6. The molecule has 0 fully saturated rings. The van der Waals surface area contributed by atoms with Crippen molar-refractivity contribution in [1.29, 1.82) is 0 Å². The van der Waals surface area contributed by atoms with Gasteiger partial charge in [0.25, 0.3) is 5.91 Å². The van der Waals surface area contributed by atoms with Crippen LogP contribution in [0.2, 0.25) is 0 Å². The van der Waals surface area contributed by atoms with E-state index in [9.17, 15) is 4.79 Å². The van der Waals surface area contributed by atoms with Crippen molar-refractivity contribution in [2.24, 2.45) is 0 Å². The van der Waals surface area contributed by atoms with Gasteiger partial charge in [0.05, 0.1) is 0 Å². The fourth-order valence-electron chi connectivity index (χ4n) is 2.31. The zero-order valence-electron chi connectivity index (χ0n) is 13.8. The first-order valence-electron chi connectivity index (χ1n) is 7.92. The number of benzene rings is 2. The lowest BCUT2D eigenvalue weighted by Gasteiger charge is -2.09. The Morgan fingerprint density at radius 1 is 1.04 bits per heavy atom. The SMILES string of the molecule is Cc1ccc(CNC(=O)c2ccnc(Nc3ccc(Br)cc3)c2)cc1. The number of rotatable bonds is 5. The predicted molar refractivity (Wildman–Crippen MR) is 104 cm³/mol. The molecule has 1 heterocycles. The Labute approximate surface area is 155 Å². The van der Waals surface area contributed by atoms with Crippen LogP contribution in [-0.4, -0.2) is 10.9 Å². The molecule has 0 saturated carbocycles. The summed E-state index contributed by atoms with van der Waals surface area (Å²) in [5, 5.41) is 6.13. The molecule has 0 unspecified atom stereocenters. The summed E-state index contributed by atoms with van der Waals surface area (Å²) < 4.78 is 1.01. The number of nitrogens with one attached hydrogen (secondary N) is 2. The number of amides is 1. The number of nitrogens with zero attached hydrogens (tertiary/aromatic N) is 1. The van der Waals surface area contributed by atoms with Crippen LogP contribution in [0.1, 0.15) is 21.5 Å². The number of pyridine rings is 1. The lowest BCUT2D eigenvalue weighted by atomic mass is 10.1. The van der Waals surface area contributed by atoms with Gasteiger partial charge in [-0.2, -0.15) is 0 Å². The third kappa shape index (κ3) is 4.90. The molecule has 2 aromatic carbocycles. The quantitative estimate of drug-likeness (QED) is 0.650. The van der Waals surface area contributed by atoms with Crippen molar-refractivity contribution in [3.63, 3.8) is 0 Å². The average Bonchev–Trinajstić information content (AvgIpc) is 2.63. The van der Waals surface area contributed by atoms with Crippen molar-refractivity contribution >= 4 is 33.3 Å². The molecule has 0 aliphatic heterocycles. The second-order valence-electron chi connectivity index (χ2n) is 5.73. The fourth-order valence-corrected chi connectivity index (χ4v) is 2.58. The molecule has 0 saturated heterocycles. The van der Waals surface area contributed by atoms with Gasteiger partial charge in [0.1, 0.15) is 5.82 Å². The highest BCUT2D eigenvalue weighted by atomic mass is 79.9. The summed E-state index contributed by atoms with van der Waals surface area (Å²) in [7, 11) is 0. The number of carbonyl (C=O) groups is 1. The fraction of sp³-hybridized carbons (Fsp3) is 0.100.